The van der Waals surface area contributed by atoms with E-state index in [-0.39, 0.29) is 11.9 Å². The fraction of sp³-hybridized carbons (Fsp3) is 0.294. The molecule has 3 N–H and O–H groups in total. The van der Waals surface area contributed by atoms with Gasteiger partial charge in [0.25, 0.3) is 0 Å². The van der Waals surface area contributed by atoms with Crippen molar-refractivity contribution in [3.05, 3.63) is 93.5 Å². The SMILES string of the molecule is COc1nc(-c2cccc(-c3cccc(-c4ccc5c(c4)CCCNC5)c3Cl)c2Cl)ccc1CNCC1CCC(=O)N1. The number of rotatable bonds is 8. The third kappa shape index (κ3) is 6.04. The van der Waals surface area contributed by atoms with Crippen LogP contribution in [0.15, 0.2) is 66.7 Å². The minimum Gasteiger partial charge on any atom is -0.481 e. The summed E-state index contributed by atoms with van der Waals surface area (Å²) in [6.45, 7) is 3.23. The van der Waals surface area contributed by atoms with E-state index >= 15 is 0 Å². The monoisotopic (exact) mass is 600 g/mol. The Morgan fingerprint density at radius 1 is 0.929 bits per heavy atom. The highest BCUT2D eigenvalue weighted by Gasteiger charge is 2.21. The lowest BCUT2D eigenvalue weighted by Gasteiger charge is -2.16. The number of fused-ring (bicyclic) bond motifs is 1. The maximum absolute atomic E-state index is 11.5. The van der Waals surface area contributed by atoms with Gasteiger partial charge in [0.15, 0.2) is 0 Å². The number of ether oxygens (including phenoxy) is 1. The Balaban J connectivity index is 1.27. The lowest BCUT2D eigenvalue weighted by Crippen LogP contribution is -2.35. The zero-order valence-electron chi connectivity index (χ0n) is 23.6. The number of carbonyl (C=O) groups is 1. The first-order valence-electron chi connectivity index (χ1n) is 14.5. The van der Waals surface area contributed by atoms with E-state index in [9.17, 15) is 4.79 Å². The molecular weight excluding hydrogens is 567 g/mol. The van der Waals surface area contributed by atoms with Crippen LogP contribution in [0.1, 0.15) is 36.0 Å². The molecule has 6 rings (SSSR count). The van der Waals surface area contributed by atoms with Crippen LogP contribution in [0.25, 0.3) is 33.5 Å². The highest BCUT2D eigenvalue weighted by atomic mass is 35.5. The van der Waals surface area contributed by atoms with E-state index in [1.54, 1.807) is 7.11 Å². The second-order valence-electron chi connectivity index (χ2n) is 10.9. The number of nitrogens with zero attached hydrogens (tertiary/aromatic N) is 1. The van der Waals surface area contributed by atoms with Gasteiger partial charge in [0.1, 0.15) is 0 Å². The minimum atomic E-state index is 0.115. The van der Waals surface area contributed by atoms with E-state index in [2.05, 4.69) is 40.2 Å². The molecule has 1 unspecified atom stereocenters. The van der Waals surface area contributed by atoms with Gasteiger partial charge in [-0.3, -0.25) is 4.79 Å². The van der Waals surface area contributed by atoms with Crippen molar-refractivity contribution in [1.82, 2.24) is 20.9 Å². The maximum Gasteiger partial charge on any atom is 0.220 e. The fourth-order valence-corrected chi connectivity index (χ4v) is 6.53. The Morgan fingerprint density at radius 3 is 2.45 bits per heavy atom. The van der Waals surface area contributed by atoms with Crippen molar-refractivity contribution in [1.29, 1.82) is 0 Å². The molecule has 1 saturated heterocycles. The van der Waals surface area contributed by atoms with Crippen molar-refractivity contribution < 1.29 is 9.53 Å². The molecule has 2 aliphatic heterocycles. The molecule has 0 bridgehead atoms. The predicted molar refractivity (Wildman–Crippen MR) is 170 cm³/mol. The van der Waals surface area contributed by atoms with Crippen LogP contribution in [0.5, 0.6) is 5.88 Å². The summed E-state index contributed by atoms with van der Waals surface area (Å²) in [6, 6.07) is 22.8. The van der Waals surface area contributed by atoms with Gasteiger partial charge in [0.2, 0.25) is 11.8 Å². The minimum absolute atomic E-state index is 0.115. The molecule has 1 amide bonds. The van der Waals surface area contributed by atoms with Gasteiger partial charge in [0.05, 0.1) is 22.8 Å². The van der Waals surface area contributed by atoms with Gasteiger partial charge < -0.3 is 20.7 Å². The lowest BCUT2D eigenvalue weighted by molar-refractivity contribution is -0.119. The second kappa shape index (κ2) is 12.8. The standard InChI is InChI=1S/C34H34Cl2N4O2/c1-42-34-24(19-38-20-25-13-15-31(41)39-25)12-14-30(40-34)29-9-3-8-28(33(29)36)27-7-2-6-26(32(27)35)22-10-11-23-18-37-16-4-5-21(23)17-22/h2-3,6-12,14,17,25,37-38H,4-5,13,15-16,18-20H2,1H3,(H,39,41). The average molecular weight is 602 g/mol. The van der Waals surface area contributed by atoms with E-state index < -0.39 is 0 Å². The smallest absolute Gasteiger partial charge is 0.220 e. The topological polar surface area (TPSA) is 75.3 Å². The summed E-state index contributed by atoms with van der Waals surface area (Å²) in [5, 5.41) is 11.1. The number of aromatic nitrogens is 1. The van der Waals surface area contributed by atoms with Gasteiger partial charge in [-0.15, -0.1) is 0 Å². The summed E-state index contributed by atoms with van der Waals surface area (Å²) in [5.74, 6) is 0.652. The summed E-state index contributed by atoms with van der Waals surface area (Å²) in [7, 11) is 1.62. The number of aryl methyl sites for hydroxylation is 1. The number of nitrogens with one attached hydrogen (secondary N) is 3. The molecule has 4 aromatic rings. The Kier molecular flexibility index (Phi) is 8.77. The number of hydrogen-bond donors (Lipinski definition) is 3. The van der Waals surface area contributed by atoms with Gasteiger partial charge in [-0.25, -0.2) is 4.98 Å². The molecule has 1 aromatic heterocycles. The van der Waals surface area contributed by atoms with E-state index in [1.165, 1.54) is 11.1 Å². The van der Waals surface area contributed by atoms with E-state index in [1.807, 2.05) is 42.5 Å². The summed E-state index contributed by atoms with van der Waals surface area (Å²) in [5.41, 5.74) is 9.02. The first-order valence-corrected chi connectivity index (χ1v) is 15.2. The Hall–Kier alpha value is -3.42. The molecule has 0 saturated carbocycles. The van der Waals surface area contributed by atoms with Gasteiger partial charge >= 0.3 is 0 Å². The third-order valence-corrected chi connectivity index (χ3v) is 8.93. The molecule has 0 aliphatic carbocycles. The largest absolute Gasteiger partial charge is 0.481 e. The zero-order chi connectivity index (χ0) is 29.1. The van der Waals surface area contributed by atoms with Crippen LogP contribution in [0, 0.1) is 0 Å². The average Bonchev–Trinajstić information content (AvgIpc) is 3.27. The fourth-order valence-electron chi connectivity index (χ4n) is 5.87. The molecule has 0 radical (unpaired) electrons. The van der Waals surface area contributed by atoms with Crippen LogP contribution in [-0.2, 0) is 24.3 Å². The molecule has 3 aromatic carbocycles. The molecule has 0 spiro atoms. The second-order valence-corrected chi connectivity index (χ2v) is 11.7. The summed E-state index contributed by atoms with van der Waals surface area (Å²) >= 11 is 14.2. The van der Waals surface area contributed by atoms with Gasteiger partial charge in [0, 0.05) is 59.9 Å². The molecule has 3 heterocycles. The van der Waals surface area contributed by atoms with Crippen LogP contribution in [0.4, 0.5) is 0 Å². The quantitative estimate of drug-likeness (QED) is 0.207. The summed E-state index contributed by atoms with van der Waals surface area (Å²) in [4.78, 5) is 16.3. The Bertz CT molecular complexity index is 1620. The highest BCUT2D eigenvalue weighted by molar-refractivity contribution is 6.39. The van der Waals surface area contributed by atoms with Crippen molar-refractivity contribution in [2.45, 2.75) is 44.8 Å². The van der Waals surface area contributed by atoms with Crippen molar-refractivity contribution in [3.63, 3.8) is 0 Å². The van der Waals surface area contributed by atoms with Gasteiger partial charge in [-0.1, -0.05) is 83.9 Å². The third-order valence-electron chi connectivity index (χ3n) is 8.12. The van der Waals surface area contributed by atoms with Crippen molar-refractivity contribution in [2.24, 2.45) is 0 Å². The molecule has 1 fully saturated rings. The number of halogens is 2. The number of amides is 1. The number of pyridine rings is 1. The van der Waals surface area contributed by atoms with Crippen LogP contribution < -0.4 is 20.7 Å². The molecule has 42 heavy (non-hydrogen) atoms. The molecule has 1 atom stereocenters. The van der Waals surface area contributed by atoms with Crippen LogP contribution in [-0.4, -0.2) is 37.1 Å². The Morgan fingerprint density at radius 2 is 1.69 bits per heavy atom. The van der Waals surface area contributed by atoms with Crippen molar-refractivity contribution in [3.8, 4) is 39.4 Å². The van der Waals surface area contributed by atoms with E-state index in [4.69, 9.17) is 32.9 Å². The lowest BCUT2D eigenvalue weighted by atomic mass is 9.94. The van der Waals surface area contributed by atoms with Crippen molar-refractivity contribution >= 4 is 29.1 Å². The first kappa shape index (κ1) is 28.7. The molecule has 2 aliphatic rings. The maximum atomic E-state index is 11.5. The summed E-state index contributed by atoms with van der Waals surface area (Å²) in [6.07, 6.45) is 3.63. The first-order chi connectivity index (χ1) is 20.5. The Labute approximate surface area is 256 Å². The van der Waals surface area contributed by atoms with Crippen LogP contribution in [0.3, 0.4) is 0 Å². The normalized spacial score (nSPS) is 16.5. The van der Waals surface area contributed by atoms with Gasteiger partial charge in [-0.05, 0) is 48.6 Å². The molecular formula is C34H34Cl2N4O2. The number of carbonyl (C=O) groups excluding carboxylic acids is 1. The molecule has 8 heteroatoms. The van der Waals surface area contributed by atoms with Gasteiger partial charge in [-0.2, -0.15) is 0 Å². The predicted octanol–water partition coefficient (Wildman–Crippen LogP) is 6.80. The molecule has 216 valence electrons. The summed E-state index contributed by atoms with van der Waals surface area (Å²) < 4.78 is 5.64. The molecule has 6 nitrogen and oxygen atoms in total. The highest BCUT2D eigenvalue weighted by Crippen LogP contribution is 2.42. The van der Waals surface area contributed by atoms with Crippen LogP contribution in [0.2, 0.25) is 10.0 Å². The number of benzene rings is 3. The van der Waals surface area contributed by atoms with E-state index in [0.29, 0.717) is 35.4 Å². The number of hydrogen-bond acceptors (Lipinski definition) is 5. The van der Waals surface area contributed by atoms with Crippen LogP contribution >= 0.6 is 23.2 Å². The van der Waals surface area contributed by atoms with E-state index in [0.717, 1.165) is 71.4 Å². The zero-order valence-corrected chi connectivity index (χ0v) is 25.1. The number of methoxy groups -OCH3 is 1. The van der Waals surface area contributed by atoms with Crippen molar-refractivity contribution in [2.75, 3.05) is 20.2 Å².